The van der Waals surface area contributed by atoms with E-state index in [2.05, 4.69) is 67.6 Å². The van der Waals surface area contributed by atoms with Gasteiger partial charge in [-0.3, -0.25) is 0 Å². The molecule has 0 saturated heterocycles. The summed E-state index contributed by atoms with van der Waals surface area (Å²) >= 11 is 0. The molecule has 0 aliphatic heterocycles. The third-order valence-electron chi connectivity index (χ3n) is 2.28. The molecule has 0 amide bonds. The highest BCUT2D eigenvalue weighted by Gasteiger charge is 2.00. The predicted molar refractivity (Wildman–Crippen MR) is 76.5 cm³/mol. The van der Waals surface area contributed by atoms with Crippen molar-refractivity contribution in [3.63, 3.8) is 0 Å². The van der Waals surface area contributed by atoms with Crippen LogP contribution in [0, 0.1) is 0 Å². The van der Waals surface area contributed by atoms with Gasteiger partial charge in [-0.25, -0.2) is 7.61 Å². The predicted octanol–water partition coefficient (Wildman–Crippen LogP) is 4.00. The lowest BCUT2D eigenvalue weighted by Crippen LogP contribution is -2.08. The van der Waals surface area contributed by atoms with E-state index in [4.69, 9.17) is 0 Å². The maximum atomic E-state index is 2.25. The van der Waals surface area contributed by atoms with Crippen LogP contribution < -0.4 is 10.6 Å². The zero-order valence-corrected chi connectivity index (χ0v) is 11.2. The maximum absolute atomic E-state index is 2.25. The topological polar surface area (TPSA) is 0 Å². The Balaban J connectivity index is 2.31. The average molecular weight is 245 g/mol. The summed E-state index contributed by atoms with van der Waals surface area (Å²) in [5.74, 6) is 0. The highest BCUT2D eigenvalue weighted by Crippen LogP contribution is 2.52. The Morgan fingerprint density at radius 1 is 0.812 bits per heavy atom. The summed E-state index contributed by atoms with van der Waals surface area (Å²) in [5, 5.41) is 2.96. The molecule has 2 rings (SSSR count). The number of benzene rings is 2. The summed E-state index contributed by atoms with van der Waals surface area (Å²) in [5.41, 5.74) is 0. The molecule has 82 valence electrons. The second-order valence-electron chi connectivity index (χ2n) is 3.44. The minimum absolute atomic E-state index is 0.179. The van der Waals surface area contributed by atoms with Crippen molar-refractivity contribution in [2.24, 2.45) is 0 Å². The van der Waals surface area contributed by atoms with Gasteiger partial charge in [0.2, 0.25) is 0 Å². The van der Waals surface area contributed by atoms with E-state index in [9.17, 15) is 0 Å². The molecule has 0 radical (unpaired) electrons. The maximum Gasteiger partial charge on any atom is -0.0493 e. The molecular formula is C14H15P2-. The highest BCUT2D eigenvalue weighted by atomic mass is 32.0. The van der Waals surface area contributed by atoms with Crippen LogP contribution in [0.2, 0.25) is 0 Å². The molecule has 0 aliphatic rings. The van der Waals surface area contributed by atoms with Crippen LogP contribution in [0.25, 0.3) is 0 Å². The van der Waals surface area contributed by atoms with Crippen LogP contribution in [0.4, 0.5) is 0 Å². The van der Waals surface area contributed by atoms with Crippen molar-refractivity contribution in [2.45, 2.75) is 6.92 Å². The molecule has 0 aliphatic carbocycles. The van der Waals surface area contributed by atoms with Gasteiger partial charge in [-0.15, -0.1) is 0 Å². The van der Waals surface area contributed by atoms with Gasteiger partial charge < -0.3 is 8.27 Å². The lowest BCUT2D eigenvalue weighted by molar-refractivity contribution is 1.53. The quantitative estimate of drug-likeness (QED) is 0.714. The molecule has 0 unspecified atom stereocenters. The molecule has 2 heteroatoms. The van der Waals surface area contributed by atoms with Crippen molar-refractivity contribution in [1.29, 1.82) is 0 Å². The zero-order chi connectivity index (χ0) is 11.2. The molecular weight excluding hydrogens is 230 g/mol. The Hall–Kier alpha value is -0.700. The van der Waals surface area contributed by atoms with E-state index in [1.807, 2.05) is 0 Å². The largest absolute Gasteiger partial charge is 0.498 e. The molecule has 0 N–H and O–H groups in total. The van der Waals surface area contributed by atoms with E-state index < -0.39 is 0 Å². The molecule has 0 saturated carbocycles. The van der Waals surface area contributed by atoms with Crippen molar-refractivity contribution < 1.29 is 0 Å². The molecule has 0 bridgehead atoms. The number of hydrogen-bond acceptors (Lipinski definition) is 0. The van der Waals surface area contributed by atoms with Gasteiger partial charge in [0.25, 0.3) is 0 Å². The van der Waals surface area contributed by atoms with Gasteiger partial charge in [0, 0.05) is 0 Å². The highest BCUT2D eigenvalue weighted by molar-refractivity contribution is 8.28. The summed E-state index contributed by atoms with van der Waals surface area (Å²) in [6.45, 7) is 2.25. The third-order valence-corrected chi connectivity index (χ3v) is 7.51. The summed E-state index contributed by atoms with van der Waals surface area (Å²) in [4.78, 5) is 0. The van der Waals surface area contributed by atoms with Crippen LogP contribution in [0.15, 0.2) is 60.7 Å². The molecule has 0 atom stereocenters. The summed E-state index contributed by atoms with van der Waals surface area (Å²) in [6, 6.07) is 21.7. The van der Waals surface area contributed by atoms with Crippen LogP contribution in [-0.2, 0) is 0 Å². The van der Waals surface area contributed by atoms with Crippen molar-refractivity contribution in [2.75, 3.05) is 6.16 Å². The van der Waals surface area contributed by atoms with Crippen LogP contribution >= 0.6 is 15.9 Å². The Bertz CT molecular complexity index is 372. The smallest absolute Gasteiger partial charge is 0.0493 e. The SMILES string of the molecule is CC[P-]P(c1ccccc1)c1ccccc1. The molecule has 0 aromatic heterocycles. The minimum Gasteiger partial charge on any atom is -0.498 e. The summed E-state index contributed by atoms with van der Waals surface area (Å²) in [6.07, 6.45) is 1.22. The monoisotopic (exact) mass is 245 g/mol. The molecule has 16 heavy (non-hydrogen) atoms. The lowest BCUT2D eigenvalue weighted by atomic mass is 10.4. The van der Waals surface area contributed by atoms with Gasteiger partial charge in [0.05, 0.1) is 0 Å². The van der Waals surface area contributed by atoms with E-state index in [1.165, 1.54) is 25.0 Å². The Morgan fingerprint density at radius 2 is 1.25 bits per heavy atom. The normalized spacial score (nSPS) is 11.4. The number of rotatable bonds is 4. The minimum atomic E-state index is -0.179. The molecule has 2 aromatic rings. The summed E-state index contributed by atoms with van der Waals surface area (Å²) in [7, 11) is 1.36. The van der Waals surface area contributed by atoms with Gasteiger partial charge in [0.1, 0.15) is 0 Å². The first-order valence-electron chi connectivity index (χ1n) is 5.49. The Morgan fingerprint density at radius 3 is 1.62 bits per heavy atom. The standard InChI is InChI=1S/C14H15P2/c1-2-15-16(13-9-5-3-6-10-13)14-11-7-4-8-12-14/h3-12H,2H2,1H3/q-1. The van der Waals surface area contributed by atoms with Crippen molar-refractivity contribution in [3.8, 4) is 0 Å². The van der Waals surface area contributed by atoms with Crippen LogP contribution in [-0.4, -0.2) is 6.16 Å². The first kappa shape index (κ1) is 11.8. The molecule has 0 fully saturated rings. The van der Waals surface area contributed by atoms with Crippen LogP contribution in [0.1, 0.15) is 6.92 Å². The van der Waals surface area contributed by atoms with Crippen LogP contribution in [0.3, 0.4) is 0 Å². The third kappa shape index (κ3) is 2.91. The second kappa shape index (κ2) is 6.14. The van der Waals surface area contributed by atoms with E-state index in [0.29, 0.717) is 0 Å². The van der Waals surface area contributed by atoms with Crippen molar-refractivity contribution in [3.05, 3.63) is 60.7 Å². The van der Waals surface area contributed by atoms with Gasteiger partial charge in [0.15, 0.2) is 0 Å². The van der Waals surface area contributed by atoms with Gasteiger partial charge >= 0.3 is 0 Å². The molecule has 0 heterocycles. The fourth-order valence-corrected chi connectivity index (χ4v) is 6.04. The van der Waals surface area contributed by atoms with E-state index in [1.54, 1.807) is 0 Å². The molecule has 0 nitrogen and oxygen atoms in total. The van der Waals surface area contributed by atoms with Crippen LogP contribution in [0.5, 0.6) is 0 Å². The summed E-state index contributed by atoms with van der Waals surface area (Å²) < 4.78 is 0. The van der Waals surface area contributed by atoms with Crippen molar-refractivity contribution >= 4 is 26.5 Å². The lowest BCUT2D eigenvalue weighted by Gasteiger charge is -2.31. The molecule has 0 spiro atoms. The fraction of sp³-hybridized carbons (Fsp3) is 0.143. The van der Waals surface area contributed by atoms with Gasteiger partial charge in [-0.1, -0.05) is 67.6 Å². The van der Waals surface area contributed by atoms with E-state index >= 15 is 0 Å². The molecule has 2 aromatic carbocycles. The average Bonchev–Trinajstić information content (AvgIpc) is 2.38. The first-order valence-corrected chi connectivity index (χ1v) is 8.62. The van der Waals surface area contributed by atoms with E-state index in [0.717, 1.165) is 0 Å². The van der Waals surface area contributed by atoms with Gasteiger partial charge in [-0.05, 0) is 10.6 Å². The Kier molecular flexibility index (Phi) is 4.52. The zero-order valence-electron chi connectivity index (χ0n) is 9.38. The van der Waals surface area contributed by atoms with Gasteiger partial charge in [-0.2, -0.15) is 6.16 Å². The number of hydrogen-bond donors (Lipinski definition) is 0. The first-order chi connectivity index (χ1) is 7.92. The second-order valence-corrected chi connectivity index (χ2v) is 8.06. The fourth-order valence-electron chi connectivity index (χ4n) is 1.59. The Labute approximate surface area is 101 Å². The van der Waals surface area contributed by atoms with Crippen molar-refractivity contribution in [1.82, 2.24) is 0 Å². The van der Waals surface area contributed by atoms with E-state index in [-0.39, 0.29) is 7.61 Å².